The fourth-order valence-corrected chi connectivity index (χ4v) is 2.48. The molecule has 3 N–H and O–H groups in total. The van der Waals surface area contributed by atoms with Crippen molar-refractivity contribution in [3.05, 3.63) is 35.9 Å². The summed E-state index contributed by atoms with van der Waals surface area (Å²) in [5.74, 6) is -1.98. The summed E-state index contributed by atoms with van der Waals surface area (Å²) >= 11 is 0. The zero-order chi connectivity index (χ0) is 13.8. The minimum absolute atomic E-state index is 0.386. The van der Waals surface area contributed by atoms with E-state index in [0.29, 0.717) is 18.4 Å². The Bertz CT molecular complexity index is 460. The minimum atomic E-state index is -1.25. The molecule has 0 saturated heterocycles. The highest BCUT2D eigenvalue weighted by molar-refractivity contribution is 5.83. The summed E-state index contributed by atoms with van der Waals surface area (Å²) in [7, 11) is 0. The second-order valence-corrected chi connectivity index (χ2v) is 4.80. The lowest BCUT2D eigenvalue weighted by Gasteiger charge is -2.19. The standard InChI is InChI=1S/C14H17NO4/c16-12(9-5-2-1-3-6-9)13(17)15-11-8-4-7-10(11)14(18)19/h1-3,5-6,10-12,16H,4,7-8H2,(H,15,17)(H,18,19). The van der Waals surface area contributed by atoms with Crippen LogP contribution in [0.4, 0.5) is 0 Å². The molecular formula is C14H17NO4. The highest BCUT2D eigenvalue weighted by Crippen LogP contribution is 2.26. The van der Waals surface area contributed by atoms with E-state index in [2.05, 4.69) is 5.32 Å². The lowest BCUT2D eigenvalue weighted by Crippen LogP contribution is -2.42. The molecule has 1 aromatic rings. The molecule has 2 rings (SSSR count). The average molecular weight is 263 g/mol. The second kappa shape index (κ2) is 5.84. The molecule has 1 amide bonds. The Hall–Kier alpha value is -1.88. The molecule has 1 fully saturated rings. The molecule has 0 aromatic heterocycles. The van der Waals surface area contributed by atoms with Crippen molar-refractivity contribution in [1.82, 2.24) is 5.32 Å². The summed E-state index contributed by atoms with van der Waals surface area (Å²) in [5, 5.41) is 21.6. The van der Waals surface area contributed by atoms with Gasteiger partial charge in [-0.25, -0.2) is 0 Å². The molecule has 1 aromatic carbocycles. The van der Waals surface area contributed by atoms with Gasteiger partial charge in [-0.2, -0.15) is 0 Å². The average Bonchev–Trinajstić information content (AvgIpc) is 2.87. The molecule has 1 saturated carbocycles. The van der Waals surface area contributed by atoms with Gasteiger partial charge in [0.2, 0.25) is 0 Å². The maximum atomic E-state index is 11.9. The molecule has 1 aliphatic carbocycles. The van der Waals surface area contributed by atoms with Gasteiger partial charge in [0.05, 0.1) is 5.92 Å². The number of hydrogen-bond acceptors (Lipinski definition) is 3. The van der Waals surface area contributed by atoms with Crippen molar-refractivity contribution in [3.63, 3.8) is 0 Å². The first-order valence-corrected chi connectivity index (χ1v) is 6.36. The Morgan fingerprint density at radius 3 is 2.53 bits per heavy atom. The number of hydrogen-bond donors (Lipinski definition) is 3. The third-order valence-electron chi connectivity index (χ3n) is 3.52. The van der Waals surface area contributed by atoms with Gasteiger partial charge in [0.25, 0.3) is 5.91 Å². The van der Waals surface area contributed by atoms with Crippen molar-refractivity contribution in [2.24, 2.45) is 5.92 Å². The summed E-state index contributed by atoms with van der Waals surface area (Å²) in [6, 6.07) is 8.21. The van der Waals surface area contributed by atoms with E-state index < -0.39 is 23.9 Å². The van der Waals surface area contributed by atoms with Gasteiger partial charge in [0.15, 0.2) is 6.10 Å². The van der Waals surface area contributed by atoms with Crippen molar-refractivity contribution in [2.45, 2.75) is 31.4 Å². The number of nitrogens with one attached hydrogen (secondary N) is 1. The largest absolute Gasteiger partial charge is 0.481 e. The summed E-state index contributed by atoms with van der Waals surface area (Å²) in [6.45, 7) is 0. The Labute approximate surface area is 111 Å². The van der Waals surface area contributed by atoms with Crippen LogP contribution < -0.4 is 5.32 Å². The molecule has 0 spiro atoms. The molecule has 0 radical (unpaired) electrons. The topological polar surface area (TPSA) is 86.6 Å². The van der Waals surface area contributed by atoms with Crippen LogP contribution in [0.15, 0.2) is 30.3 Å². The second-order valence-electron chi connectivity index (χ2n) is 4.80. The fraction of sp³-hybridized carbons (Fsp3) is 0.429. The van der Waals surface area contributed by atoms with Crippen LogP contribution in [0.25, 0.3) is 0 Å². The van der Waals surface area contributed by atoms with Gasteiger partial charge in [-0.3, -0.25) is 9.59 Å². The van der Waals surface area contributed by atoms with E-state index in [1.165, 1.54) is 0 Å². The van der Waals surface area contributed by atoms with Gasteiger partial charge in [0, 0.05) is 6.04 Å². The fourth-order valence-electron chi connectivity index (χ4n) is 2.48. The lowest BCUT2D eigenvalue weighted by atomic mass is 10.0. The Balaban J connectivity index is 1.99. The predicted octanol–water partition coefficient (Wildman–Crippen LogP) is 1.09. The van der Waals surface area contributed by atoms with Gasteiger partial charge in [-0.05, 0) is 18.4 Å². The van der Waals surface area contributed by atoms with Crippen LogP contribution in [0.3, 0.4) is 0 Å². The number of aliphatic hydroxyl groups excluding tert-OH is 1. The van der Waals surface area contributed by atoms with E-state index in [1.807, 2.05) is 0 Å². The van der Waals surface area contributed by atoms with Gasteiger partial charge in [-0.1, -0.05) is 36.8 Å². The Morgan fingerprint density at radius 2 is 1.89 bits per heavy atom. The third-order valence-corrected chi connectivity index (χ3v) is 3.52. The van der Waals surface area contributed by atoms with E-state index in [1.54, 1.807) is 30.3 Å². The zero-order valence-corrected chi connectivity index (χ0v) is 10.5. The van der Waals surface area contributed by atoms with E-state index in [0.717, 1.165) is 6.42 Å². The van der Waals surface area contributed by atoms with Gasteiger partial charge >= 0.3 is 5.97 Å². The first kappa shape index (κ1) is 13.5. The summed E-state index contributed by atoms with van der Waals surface area (Å²) in [5.41, 5.74) is 0.505. The van der Waals surface area contributed by atoms with E-state index >= 15 is 0 Å². The van der Waals surface area contributed by atoms with Crippen LogP contribution in [0.1, 0.15) is 30.9 Å². The molecule has 5 nitrogen and oxygen atoms in total. The third kappa shape index (κ3) is 3.12. The summed E-state index contributed by atoms with van der Waals surface area (Å²) in [6.07, 6.45) is 0.742. The van der Waals surface area contributed by atoms with E-state index in [-0.39, 0.29) is 6.04 Å². The number of rotatable bonds is 4. The predicted molar refractivity (Wildman–Crippen MR) is 68.3 cm³/mol. The molecule has 3 unspecified atom stereocenters. The highest BCUT2D eigenvalue weighted by Gasteiger charge is 2.35. The molecule has 0 heterocycles. The molecule has 102 valence electrons. The summed E-state index contributed by atoms with van der Waals surface area (Å²) in [4.78, 5) is 22.9. The molecule has 19 heavy (non-hydrogen) atoms. The van der Waals surface area contributed by atoms with Crippen LogP contribution in [0, 0.1) is 5.92 Å². The first-order chi connectivity index (χ1) is 9.09. The molecule has 0 aliphatic heterocycles. The minimum Gasteiger partial charge on any atom is -0.481 e. The number of carbonyl (C=O) groups excluding carboxylic acids is 1. The Morgan fingerprint density at radius 1 is 1.21 bits per heavy atom. The molecule has 1 aliphatic rings. The van der Waals surface area contributed by atoms with Crippen LogP contribution >= 0.6 is 0 Å². The molecule has 3 atom stereocenters. The number of aliphatic carboxylic acids is 1. The van der Waals surface area contributed by atoms with Crippen molar-refractivity contribution in [1.29, 1.82) is 0 Å². The molecule has 5 heteroatoms. The Kier molecular flexibility index (Phi) is 4.16. The maximum absolute atomic E-state index is 11.9. The number of carboxylic acids is 1. The van der Waals surface area contributed by atoms with Gasteiger partial charge in [0.1, 0.15) is 0 Å². The molecular weight excluding hydrogens is 246 g/mol. The molecule has 0 bridgehead atoms. The van der Waals surface area contributed by atoms with Gasteiger partial charge in [-0.15, -0.1) is 0 Å². The van der Waals surface area contributed by atoms with E-state index in [4.69, 9.17) is 5.11 Å². The number of carbonyl (C=O) groups is 2. The van der Waals surface area contributed by atoms with Crippen LogP contribution in [0.5, 0.6) is 0 Å². The van der Waals surface area contributed by atoms with Crippen molar-refractivity contribution in [2.75, 3.05) is 0 Å². The van der Waals surface area contributed by atoms with Crippen molar-refractivity contribution < 1.29 is 19.8 Å². The SMILES string of the molecule is O=C(NC1CCCC1C(=O)O)C(O)c1ccccc1. The van der Waals surface area contributed by atoms with Crippen LogP contribution in [-0.4, -0.2) is 28.1 Å². The summed E-state index contributed by atoms with van der Waals surface area (Å²) < 4.78 is 0. The normalized spacial score (nSPS) is 23.8. The van der Waals surface area contributed by atoms with Crippen molar-refractivity contribution in [3.8, 4) is 0 Å². The van der Waals surface area contributed by atoms with Crippen molar-refractivity contribution >= 4 is 11.9 Å². The number of benzene rings is 1. The smallest absolute Gasteiger partial charge is 0.308 e. The number of carboxylic acid groups (broad SMARTS) is 1. The van der Waals surface area contributed by atoms with Crippen LogP contribution in [0.2, 0.25) is 0 Å². The highest BCUT2D eigenvalue weighted by atomic mass is 16.4. The van der Waals surface area contributed by atoms with Gasteiger partial charge < -0.3 is 15.5 Å². The van der Waals surface area contributed by atoms with Crippen LogP contribution in [-0.2, 0) is 9.59 Å². The lowest BCUT2D eigenvalue weighted by molar-refractivity contribution is -0.142. The zero-order valence-electron chi connectivity index (χ0n) is 10.5. The quantitative estimate of drug-likeness (QED) is 0.759. The first-order valence-electron chi connectivity index (χ1n) is 6.36. The monoisotopic (exact) mass is 263 g/mol. The van der Waals surface area contributed by atoms with E-state index in [9.17, 15) is 14.7 Å². The number of amides is 1. The maximum Gasteiger partial charge on any atom is 0.308 e. The number of aliphatic hydroxyl groups is 1.